The van der Waals surface area contributed by atoms with Crippen LogP contribution in [-0.4, -0.2) is 23.8 Å². The van der Waals surface area contributed by atoms with E-state index in [1.165, 1.54) is 0 Å². The van der Waals surface area contributed by atoms with Crippen LogP contribution in [-0.2, 0) is 14.3 Å². The largest absolute Gasteiger partial charge is 0.373 e. The number of nitrogens with zero attached hydrogens (tertiary/aromatic N) is 1. The lowest BCUT2D eigenvalue weighted by atomic mass is 9.81. The second kappa shape index (κ2) is 6.12. The van der Waals surface area contributed by atoms with E-state index < -0.39 is 5.92 Å². The zero-order valence-electron chi connectivity index (χ0n) is 15.9. The molecule has 0 aromatic heterocycles. The van der Waals surface area contributed by atoms with E-state index in [0.717, 1.165) is 40.7 Å². The molecular weight excluding hydrogens is 350 g/mol. The highest BCUT2D eigenvalue weighted by atomic mass is 16.5. The summed E-state index contributed by atoms with van der Waals surface area (Å²) >= 11 is 0. The minimum absolute atomic E-state index is 0.0551. The molecule has 5 rings (SSSR count). The number of hydrogen-bond donors (Lipinski definition) is 0. The van der Waals surface area contributed by atoms with E-state index in [1.807, 2.05) is 38.1 Å². The topological polar surface area (TPSA) is 67.2 Å². The van der Waals surface area contributed by atoms with Crippen LogP contribution in [0.5, 0.6) is 0 Å². The molecule has 4 heteroatoms. The van der Waals surface area contributed by atoms with Crippen molar-refractivity contribution in [2.45, 2.75) is 44.8 Å². The molecule has 2 aliphatic heterocycles. The molecule has 3 fully saturated rings. The van der Waals surface area contributed by atoms with Crippen LogP contribution in [0.25, 0.3) is 11.1 Å². The highest BCUT2D eigenvalue weighted by Crippen LogP contribution is 2.53. The quantitative estimate of drug-likeness (QED) is 0.752. The van der Waals surface area contributed by atoms with Crippen molar-refractivity contribution < 1.29 is 14.3 Å². The molecule has 2 bridgehead atoms. The Morgan fingerprint density at radius 1 is 0.893 bits per heavy atom. The molecule has 3 aliphatic rings. The van der Waals surface area contributed by atoms with Gasteiger partial charge >= 0.3 is 0 Å². The Bertz CT molecular complexity index is 996. The van der Waals surface area contributed by atoms with Gasteiger partial charge in [-0.3, -0.25) is 9.59 Å². The number of hydrogen-bond acceptors (Lipinski definition) is 4. The number of aryl methyl sites for hydroxylation is 2. The van der Waals surface area contributed by atoms with Crippen LogP contribution in [0.4, 0.5) is 0 Å². The molecule has 2 heterocycles. The SMILES string of the molecule is Cc1cc(-c2ccc(C#N)cc2)cc(C)c1C1C(=O)[C@@H]2C3CCC(O3)[C@@H]2C1=O. The van der Waals surface area contributed by atoms with Gasteiger partial charge in [0.15, 0.2) is 11.6 Å². The number of fused-ring (bicyclic) bond motifs is 5. The third-order valence-corrected chi connectivity index (χ3v) is 6.73. The van der Waals surface area contributed by atoms with E-state index in [9.17, 15) is 9.59 Å². The summed E-state index contributed by atoms with van der Waals surface area (Å²) in [4.78, 5) is 26.4. The summed E-state index contributed by atoms with van der Waals surface area (Å²) in [7, 11) is 0. The Morgan fingerprint density at radius 3 is 1.93 bits per heavy atom. The predicted molar refractivity (Wildman–Crippen MR) is 104 cm³/mol. The third-order valence-electron chi connectivity index (χ3n) is 6.73. The number of Topliss-reactive ketones (excluding diaryl/α,β-unsaturated/α-hetero) is 2. The normalized spacial score (nSPS) is 30.5. The van der Waals surface area contributed by atoms with Gasteiger partial charge < -0.3 is 4.74 Å². The lowest BCUT2D eigenvalue weighted by Crippen LogP contribution is -2.29. The average Bonchev–Trinajstić information content (AvgIpc) is 3.37. The smallest absolute Gasteiger partial charge is 0.154 e. The Hall–Kier alpha value is -2.77. The predicted octanol–water partition coefficient (Wildman–Crippen LogP) is 3.87. The van der Waals surface area contributed by atoms with Crippen LogP contribution in [0.2, 0.25) is 0 Å². The molecule has 0 radical (unpaired) electrons. The fourth-order valence-corrected chi connectivity index (χ4v) is 5.54. The van der Waals surface area contributed by atoms with Crippen molar-refractivity contribution >= 4 is 11.6 Å². The van der Waals surface area contributed by atoms with Gasteiger partial charge in [-0.2, -0.15) is 5.26 Å². The fourth-order valence-electron chi connectivity index (χ4n) is 5.54. The van der Waals surface area contributed by atoms with Gasteiger partial charge in [0.25, 0.3) is 0 Å². The molecule has 1 saturated carbocycles. The minimum atomic E-state index is -0.642. The summed E-state index contributed by atoms with van der Waals surface area (Å²) in [5.74, 6) is -1.02. The summed E-state index contributed by atoms with van der Waals surface area (Å²) < 4.78 is 5.86. The molecule has 4 nitrogen and oxygen atoms in total. The van der Waals surface area contributed by atoms with E-state index in [4.69, 9.17) is 10.00 Å². The molecule has 140 valence electrons. The molecule has 2 aromatic carbocycles. The van der Waals surface area contributed by atoms with Crippen LogP contribution in [0.1, 0.15) is 41.0 Å². The van der Waals surface area contributed by atoms with Gasteiger partial charge in [-0.15, -0.1) is 0 Å². The first-order chi connectivity index (χ1) is 13.5. The molecule has 2 aromatic rings. The van der Waals surface area contributed by atoms with Gasteiger partial charge in [0.1, 0.15) is 5.92 Å². The van der Waals surface area contributed by atoms with Crippen molar-refractivity contribution in [3.63, 3.8) is 0 Å². The van der Waals surface area contributed by atoms with Gasteiger partial charge in [-0.25, -0.2) is 0 Å². The summed E-state index contributed by atoms with van der Waals surface area (Å²) in [6.45, 7) is 3.96. The number of nitriles is 1. The Kier molecular flexibility index (Phi) is 3.79. The van der Waals surface area contributed by atoms with E-state index in [2.05, 4.69) is 6.07 Å². The van der Waals surface area contributed by atoms with Crippen LogP contribution in [0.15, 0.2) is 36.4 Å². The summed E-state index contributed by atoms with van der Waals surface area (Å²) in [6, 6.07) is 13.7. The second-order valence-electron chi connectivity index (χ2n) is 8.29. The third kappa shape index (κ3) is 2.33. The van der Waals surface area contributed by atoms with Crippen molar-refractivity contribution in [2.75, 3.05) is 0 Å². The van der Waals surface area contributed by atoms with Gasteiger partial charge in [0, 0.05) is 0 Å². The minimum Gasteiger partial charge on any atom is -0.373 e. The first kappa shape index (κ1) is 17.3. The van der Waals surface area contributed by atoms with Crippen molar-refractivity contribution in [3.8, 4) is 17.2 Å². The standard InChI is InChI=1S/C24H21NO3/c1-12-9-16(15-5-3-14(11-25)4-6-15)10-13(2)19(12)22-23(26)20-17-7-8-18(28-17)21(20)24(22)27/h3-6,9-10,17-18,20-22H,7-8H2,1-2H3/t17?,18?,20-,21+,22?. The van der Waals surface area contributed by atoms with Crippen molar-refractivity contribution in [1.82, 2.24) is 0 Å². The Labute approximate surface area is 164 Å². The lowest BCUT2D eigenvalue weighted by molar-refractivity contribution is -0.127. The first-order valence-corrected chi connectivity index (χ1v) is 9.84. The molecule has 2 saturated heterocycles. The van der Waals surface area contributed by atoms with E-state index in [1.54, 1.807) is 12.1 Å². The number of rotatable bonds is 2. The van der Waals surface area contributed by atoms with Gasteiger partial charge in [-0.05, 0) is 66.6 Å². The molecule has 0 spiro atoms. The van der Waals surface area contributed by atoms with Crippen molar-refractivity contribution in [1.29, 1.82) is 5.26 Å². The zero-order valence-corrected chi connectivity index (χ0v) is 15.9. The van der Waals surface area contributed by atoms with Crippen LogP contribution < -0.4 is 0 Å². The lowest BCUT2D eigenvalue weighted by Gasteiger charge is -2.18. The van der Waals surface area contributed by atoms with Gasteiger partial charge in [0.2, 0.25) is 0 Å². The monoisotopic (exact) mass is 371 g/mol. The summed E-state index contributed by atoms with van der Waals surface area (Å²) in [5.41, 5.74) is 5.49. The van der Waals surface area contributed by atoms with Gasteiger partial charge in [-0.1, -0.05) is 24.3 Å². The van der Waals surface area contributed by atoms with Crippen LogP contribution in [0.3, 0.4) is 0 Å². The molecule has 3 unspecified atom stereocenters. The van der Waals surface area contributed by atoms with E-state index >= 15 is 0 Å². The Balaban J connectivity index is 1.53. The maximum Gasteiger partial charge on any atom is 0.154 e. The van der Waals surface area contributed by atoms with Gasteiger partial charge in [0.05, 0.1) is 35.7 Å². The molecule has 0 amide bonds. The number of ether oxygens (including phenoxy) is 1. The molecule has 5 atom stereocenters. The van der Waals surface area contributed by atoms with Crippen molar-refractivity contribution in [2.24, 2.45) is 11.8 Å². The molecule has 0 N–H and O–H groups in total. The average molecular weight is 371 g/mol. The molecule has 1 aliphatic carbocycles. The fraction of sp³-hybridized carbons (Fsp3) is 0.375. The first-order valence-electron chi connectivity index (χ1n) is 9.84. The maximum atomic E-state index is 13.2. The summed E-state index contributed by atoms with van der Waals surface area (Å²) in [6.07, 6.45) is 1.67. The zero-order chi connectivity index (χ0) is 19.6. The number of carbonyl (C=O) groups excluding carboxylic acids is 2. The van der Waals surface area contributed by atoms with Crippen molar-refractivity contribution in [3.05, 3.63) is 58.7 Å². The Morgan fingerprint density at radius 2 is 1.43 bits per heavy atom. The highest BCUT2D eigenvalue weighted by Gasteiger charge is 2.63. The molecular formula is C24H21NO3. The van der Waals surface area contributed by atoms with Crippen LogP contribution in [0, 0.1) is 37.0 Å². The highest BCUT2D eigenvalue weighted by molar-refractivity contribution is 6.17. The second-order valence-corrected chi connectivity index (χ2v) is 8.29. The van der Waals surface area contributed by atoms with Crippen LogP contribution >= 0.6 is 0 Å². The number of carbonyl (C=O) groups is 2. The van der Waals surface area contributed by atoms with E-state index in [-0.39, 0.29) is 35.6 Å². The maximum absolute atomic E-state index is 13.2. The summed E-state index contributed by atoms with van der Waals surface area (Å²) in [5, 5.41) is 8.98. The number of ketones is 2. The number of benzene rings is 2. The molecule has 28 heavy (non-hydrogen) atoms. The van der Waals surface area contributed by atoms with E-state index in [0.29, 0.717) is 5.56 Å².